The molecule has 2 aliphatic carbocycles. The highest BCUT2D eigenvalue weighted by molar-refractivity contribution is 5.23. The molecule has 1 spiro atoms. The highest BCUT2D eigenvalue weighted by Gasteiger charge is 2.54. The molecule has 7 nitrogen and oxygen atoms in total. The topological polar surface area (TPSA) is 109 Å². The van der Waals surface area contributed by atoms with E-state index in [1.807, 2.05) is 13.8 Å². The molecule has 1 saturated heterocycles. The molecular formula is C21H36O7. The third-order valence-electron chi connectivity index (χ3n) is 7.72. The maximum absolute atomic E-state index is 10.3. The van der Waals surface area contributed by atoms with E-state index in [0.717, 1.165) is 37.7 Å². The molecule has 9 atom stereocenters. The van der Waals surface area contributed by atoms with Crippen LogP contribution < -0.4 is 0 Å². The highest BCUT2D eigenvalue weighted by atomic mass is 17.1. The van der Waals surface area contributed by atoms with Gasteiger partial charge >= 0.3 is 0 Å². The van der Waals surface area contributed by atoms with Gasteiger partial charge in [-0.05, 0) is 75.7 Å². The zero-order valence-corrected chi connectivity index (χ0v) is 17.4. The van der Waals surface area contributed by atoms with E-state index in [1.54, 1.807) is 6.92 Å². The SMILES string of the molecule is C=C1C(OO)CCC(C)C12CCC(C(C)(C)OC1OC(C)C(O)C(O)C1O)C2. The second-order valence-corrected chi connectivity index (χ2v) is 9.60. The molecular weight excluding hydrogens is 364 g/mol. The van der Waals surface area contributed by atoms with E-state index in [1.165, 1.54) is 0 Å². The van der Waals surface area contributed by atoms with Gasteiger partial charge in [0.15, 0.2) is 6.29 Å². The molecule has 28 heavy (non-hydrogen) atoms. The Labute approximate surface area is 167 Å². The van der Waals surface area contributed by atoms with Gasteiger partial charge in [-0.25, -0.2) is 4.89 Å². The third-order valence-corrected chi connectivity index (χ3v) is 7.72. The summed E-state index contributed by atoms with van der Waals surface area (Å²) < 4.78 is 11.8. The molecule has 1 heterocycles. The van der Waals surface area contributed by atoms with Gasteiger partial charge in [0.05, 0.1) is 11.7 Å². The van der Waals surface area contributed by atoms with Crippen molar-refractivity contribution >= 4 is 0 Å². The summed E-state index contributed by atoms with van der Waals surface area (Å²) in [4.78, 5) is 4.69. The molecule has 2 saturated carbocycles. The van der Waals surface area contributed by atoms with Crippen molar-refractivity contribution in [1.82, 2.24) is 0 Å². The van der Waals surface area contributed by atoms with Crippen LogP contribution in [0.4, 0.5) is 0 Å². The predicted molar refractivity (Wildman–Crippen MR) is 102 cm³/mol. The van der Waals surface area contributed by atoms with Gasteiger partial charge in [0.2, 0.25) is 0 Å². The van der Waals surface area contributed by atoms with Crippen molar-refractivity contribution in [2.24, 2.45) is 17.3 Å². The van der Waals surface area contributed by atoms with Crippen LogP contribution >= 0.6 is 0 Å². The van der Waals surface area contributed by atoms with Gasteiger partial charge < -0.3 is 24.8 Å². The molecule has 4 N–H and O–H groups in total. The summed E-state index contributed by atoms with van der Waals surface area (Å²) in [6.07, 6.45) is -1.20. The first-order valence-electron chi connectivity index (χ1n) is 10.4. The summed E-state index contributed by atoms with van der Waals surface area (Å²) in [5.41, 5.74) is 0.267. The van der Waals surface area contributed by atoms with Crippen LogP contribution in [0.5, 0.6) is 0 Å². The average Bonchev–Trinajstić information content (AvgIpc) is 3.10. The van der Waals surface area contributed by atoms with Crippen molar-refractivity contribution in [3.8, 4) is 0 Å². The Morgan fingerprint density at radius 1 is 1.07 bits per heavy atom. The van der Waals surface area contributed by atoms with Gasteiger partial charge in [0.25, 0.3) is 0 Å². The standard InChI is InChI=1S/C21H36O7/c1-11-6-7-15(28-25)12(2)21(11)9-8-14(10-21)20(4,5)27-19-18(24)17(23)16(22)13(3)26-19/h11,13-19,22-25H,2,6-10H2,1,3-5H3. The molecule has 0 amide bonds. The second-order valence-electron chi connectivity index (χ2n) is 9.60. The van der Waals surface area contributed by atoms with Crippen LogP contribution in [0.15, 0.2) is 12.2 Å². The third kappa shape index (κ3) is 3.67. The first-order chi connectivity index (χ1) is 13.0. The van der Waals surface area contributed by atoms with E-state index in [9.17, 15) is 20.6 Å². The number of aliphatic hydroxyl groups is 3. The average molecular weight is 401 g/mol. The fourth-order valence-electron chi connectivity index (χ4n) is 5.52. The lowest BCUT2D eigenvalue weighted by Crippen LogP contribution is -2.59. The minimum absolute atomic E-state index is 0.0913. The van der Waals surface area contributed by atoms with Crippen LogP contribution in [0, 0.1) is 17.3 Å². The zero-order valence-electron chi connectivity index (χ0n) is 17.4. The maximum atomic E-state index is 10.3. The summed E-state index contributed by atoms with van der Waals surface area (Å²) in [7, 11) is 0. The number of ether oxygens (including phenoxy) is 2. The van der Waals surface area contributed by atoms with Gasteiger partial charge in [-0.3, -0.25) is 5.26 Å². The van der Waals surface area contributed by atoms with Crippen molar-refractivity contribution in [2.45, 2.75) is 102 Å². The fourth-order valence-corrected chi connectivity index (χ4v) is 5.52. The lowest BCUT2D eigenvalue weighted by atomic mass is 9.61. The fraction of sp³-hybridized carbons (Fsp3) is 0.905. The maximum Gasteiger partial charge on any atom is 0.187 e. The molecule has 9 unspecified atom stereocenters. The second kappa shape index (κ2) is 7.95. The number of hydrogen-bond donors (Lipinski definition) is 4. The molecule has 0 aromatic heterocycles. The van der Waals surface area contributed by atoms with Crippen LogP contribution in [-0.4, -0.2) is 63.0 Å². The Kier molecular flexibility index (Phi) is 6.29. The molecule has 0 bridgehead atoms. The first-order valence-corrected chi connectivity index (χ1v) is 10.4. The van der Waals surface area contributed by atoms with Crippen molar-refractivity contribution in [2.75, 3.05) is 0 Å². The highest BCUT2D eigenvalue weighted by Crippen LogP contribution is 2.59. The number of hydrogen-bond acceptors (Lipinski definition) is 7. The van der Waals surface area contributed by atoms with E-state index in [0.29, 0.717) is 5.92 Å². The Morgan fingerprint density at radius 2 is 1.75 bits per heavy atom. The molecule has 3 aliphatic rings. The largest absolute Gasteiger partial charge is 0.388 e. The summed E-state index contributed by atoms with van der Waals surface area (Å²) in [5, 5.41) is 39.5. The minimum Gasteiger partial charge on any atom is -0.388 e. The van der Waals surface area contributed by atoms with Crippen LogP contribution in [-0.2, 0) is 14.4 Å². The predicted octanol–water partition coefficient (Wildman–Crippen LogP) is 2.24. The van der Waals surface area contributed by atoms with E-state index < -0.39 is 36.3 Å². The minimum atomic E-state index is -1.31. The smallest absolute Gasteiger partial charge is 0.187 e. The molecule has 3 rings (SSSR count). The Morgan fingerprint density at radius 3 is 2.39 bits per heavy atom. The Hall–Kier alpha value is -0.540. The normalized spacial score (nSPS) is 47.6. The molecule has 0 aromatic rings. The number of rotatable bonds is 4. The van der Waals surface area contributed by atoms with Crippen molar-refractivity contribution < 1.29 is 34.9 Å². The van der Waals surface area contributed by atoms with Gasteiger partial charge in [0, 0.05) is 0 Å². The number of aliphatic hydroxyl groups excluding tert-OH is 3. The molecule has 1 aliphatic heterocycles. The first kappa shape index (κ1) is 22.2. The van der Waals surface area contributed by atoms with Crippen molar-refractivity contribution in [3.63, 3.8) is 0 Å². The molecule has 0 radical (unpaired) electrons. The summed E-state index contributed by atoms with van der Waals surface area (Å²) >= 11 is 0. The van der Waals surface area contributed by atoms with Gasteiger partial charge in [-0.2, -0.15) is 0 Å². The van der Waals surface area contributed by atoms with Crippen LogP contribution in [0.3, 0.4) is 0 Å². The Balaban J connectivity index is 1.72. The lowest BCUT2D eigenvalue weighted by Gasteiger charge is -2.46. The molecule has 0 aromatic carbocycles. The summed E-state index contributed by atoms with van der Waals surface area (Å²) in [5.74, 6) is 0.639. The van der Waals surface area contributed by atoms with E-state index in [4.69, 9.17) is 14.4 Å². The molecule has 162 valence electrons. The van der Waals surface area contributed by atoms with Crippen LogP contribution in [0.25, 0.3) is 0 Å². The monoisotopic (exact) mass is 400 g/mol. The van der Waals surface area contributed by atoms with Crippen molar-refractivity contribution in [1.29, 1.82) is 0 Å². The Bertz CT molecular complexity index is 579. The van der Waals surface area contributed by atoms with Gasteiger partial charge in [-0.15, -0.1) is 0 Å². The van der Waals surface area contributed by atoms with Gasteiger partial charge in [0.1, 0.15) is 24.4 Å². The van der Waals surface area contributed by atoms with Gasteiger partial charge in [-0.1, -0.05) is 13.5 Å². The zero-order chi connectivity index (χ0) is 20.9. The van der Waals surface area contributed by atoms with Crippen LogP contribution in [0.1, 0.15) is 59.8 Å². The summed E-state index contributed by atoms with van der Waals surface area (Å²) in [6.45, 7) is 12.1. The molecule has 7 heteroatoms. The van der Waals surface area contributed by atoms with Crippen LogP contribution in [0.2, 0.25) is 0 Å². The quantitative estimate of drug-likeness (QED) is 0.326. The molecule has 3 fully saturated rings. The summed E-state index contributed by atoms with van der Waals surface area (Å²) in [6, 6.07) is 0. The lowest BCUT2D eigenvalue weighted by molar-refractivity contribution is -0.322. The van der Waals surface area contributed by atoms with E-state index in [-0.39, 0.29) is 17.4 Å². The van der Waals surface area contributed by atoms with Crippen molar-refractivity contribution in [3.05, 3.63) is 12.2 Å². The van der Waals surface area contributed by atoms with E-state index >= 15 is 0 Å². The van der Waals surface area contributed by atoms with E-state index in [2.05, 4.69) is 13.5 Å².